The highest BCUT2D eigenvalue weighted by molar-refractivity contribution is 5.92. The summed E-state index contributed by atoms with van der Waals surface area (Å²) in [7, 11) is 0. The van der Waals surface area contributed by atoms with Gasteiger partial charge in [-0.25, -0.2) is 9.18 Å². The van der Waals surface area contributed by atoms with Crippen LogP contribution in [-0.4, -0.2) is 15.6 Å². The Labute approximate surface area is 125 Å². The van der Waals surface area contributed by atoms with Crippen molar-refractivity contribution < 1.29 is 14.3 Å². The van der Waals surface area contributed by atoms with Crippen molar-refractivity contribution in [3.8, 4) is 0 Å². The number of carboxylic acid groups (broad SMARTS) is 1. The topological polar surface area (TPSA) is 59.3 Å². The predicted octanol–water partition coefficient (Wildman–Crippen LogP) is 2.89. The van der Waals surface area contributed by atoms with Crippen molar-refractivity contribution in [1.29, 1.82) is 0 Å². The number of aromatic nitrogens is 1. The van der Waals surface area contributed by atoms with Crippen molar-refractivity contribution in [2.24, 2.45) is 0 Å². The van der Waals surface area contributed by atoms with Gasteiger partial charge in [-0.05, 0) is 23.8 Å². The van der Waals surface area contributed by atoms with Crippen molar-refractivity contribution in [2.75, 3.05) is 0 Å². The van der Waals surface area contributed by atoms with Crippen LogP contribution in [0.25, 0.3) is 10.9 Å². The van der Waals surface area contributed by atoms with Crippen LogP contribution in [0.15, 0.2) is 59.5 Å². The van der Waals surface area contributed by atoms with E-state index in [-0.39, 0.29) is 10.9 Å². The van der Waals surface area contributed by atoms with E-state index < -0.39 is 17.2 Å². The first-order chi connectivity index (χ1) is 10.6. The number of halogens is 1. The van der Waals surface area contributed by atoms with Gasteiger partial charge < -0.3 is 9.67 Å². The molecule has 22 heavy (non-hydrogen) atoms. The SMILES string of the molecule is O=C(O)c1cn(Cc2ccccc2)c2cc(F)ccc2c1=O. The van der Waals surface area contributed by atoms with Gasteiger partial charge in [0.05, 0.1) is 5.52 Å². The Kier molecular flexibility index (Phi) is 3.47. The summed E-state index contributed by atoms with van der Waals surface area (Å²) in [6, 6.07) is 13.1. The molecule has 2 aromatic carbocycles. The van der Waals surface area contributed by atoms with E-state index in [9.17, 15) is 19.1 Å². The molecule has 110 valence electrons. The van der Waals surface area contributed by atoms with Crippen molar-refractivity contribution in [3.05, 3.63) is 81.9 Å². The standard InChI is InChI=1S/C17H12FNO3/c18-12-6-7-13-15(8-12)19(9-11-4-2-1-3-5-11)10-14(16(13)20)17(21)22/h1-8,10H,9H2,(H,21,22). The normalized spacial score (nSPS) is 10.8. The maximum Gasteiger partial charge on any atom is 0.341 e. The minimum absolute atomic E-state index is 0.192. The quantitative estimate of drug-likeness (QED) is 0.808. The van der Waals surface area contributed by atoms with E-state index >= 15 is 0 Å². The fourth-order valence-electron chi connectivity index (χ4n) is 2.43. The van der Waals surface area contributed by atoms with Crippen molar-refractivity contribution in [3.63, 3.8) is 0 Å². The van der Waals surface area contributed by atoms with Crippen LogP contribution in [0, 0.1) is 5.82 Å². The molecular weight excluding hydrogens is 285 g/mol. The average molecular weight is 297 g/mol. The van der Waals surface area contributed by atoms with Crippen LogP contribution in [-0.2, 0) is 6.54 Å². The van der Waals surface area contributed by atoms with Crippen molar-refractivity contribution in [1.82, 2.24) is 4.57 Å². The van der Waals surface area contributed by atoms with Gasteiger partial charge in [0.15, 0.2) is 0 Å². The fraction of sp³-hybridized carbons (Fsp3) is 0.0588. The predicted molar refractivity (Wildman–Crippen MR) is 80.7 cm³/mol. The molecular formula is C17H12FNO3. The van der Waals surface area contributed by atoms with Crippen LogP contribution >= 0.6 is 0 Å². The molecule has 0 amide bonds. The first-order valence-corrected chi connectivity index (χ1v) is 6.66. The molecule has 0 unspecified atom stereocenters. The van der Waals surface area contributed by atoms with Crippen LogP contribution in [0.3, 0.4) is 0 Å². The largest absolute Gasteiger partial charge is 0.477 e. The minimum atomic E-state index is -1.29. The smallest absolute Gasteiger partial charge is 0.341 e. The molecule has 0 atom stereocenters. The summed E-state index contributed by atoms with van der Waals surface area (Å²) in [4.78, 5) is 23.4. The molecule has 0 aliphatic rings. The Morgan fingerprint density at radius 1 is 1.14 bits per heavy atom. The maximum atomic E-state index is 13.5. The lowest BCUT2D eigenvalue weighted by molar-refractivity contribution is 0.0695. The number of hydrogen-bond acceptors (Lipinski definition) is 2. The van der Waals surface area contributed by atoms with E-state index in [4.69, 9.17) is 0 Å². The third-order valence-corrected chi connectivity index (χ3v) is 3.47. The number of fused-ring (bicyclic) bond motifs is 1. The van der Waals surface area contributed by atoms with Gasteiger partial charge in [0.25, 0.3) is 0 Å². The Bertz CT molecular complexity index is 916. The summed E-state index contributed by atoms with van der Waals surface area (Å²) >= 11 is 0. The zero-order chi connectivity index (χ0) is 15.7. The number of nitrogens with zero attached hydrogens (tertiary/aromatic N) is 1. The van der Waals surface area contributed by atoms with Crippen LogP contribution < -0.4 is 5.43 Å². The van der Waals surface area contributed by atoms with Gasteiger partial charge in [-0.3, -0.25) is 4.79 Å². The number of hydrogen-bond donors (Lipinski definition) is 1. The molecule has 5 heteroatoms. The Hall–Kier alpha value is -2.95. The average Bonchev–Trinajstić information content (AvgIpc) is 2.50. The van der Waals surface area contributed by atoms with Crippen LogP contribution in [0.4, 0.5) is 4.39 Å². The molecule has 3 rings (SSSR count). The molecule has 1 N–H and O–H groups in total. The van der Waals surface area contributed by atoms with Crippen molar-refractivity contribution >= 4 is 16.9 Å². The number of carbonyl (C=O) groups is 1. The Morgan fingerprint density at radius 3 is 2.55 bits per heavy atom. The molecule has 0 aliphatic heterocycles. The second-order valence-corrected chi connectivity index (χ2v) is 4.95. The summed E-state index contributed by atoms with van der Waals surface area (Å²) in [6.45, 7) is 0.349. The molecule has 0 aliphatic carbocycles. The minimum Gasteiger partial charge on any atom is -0.477 e. The second kappa shape index (κ2) is 5.44. The number of aromatic carboxylic acids is 1. The maximum absolute atomic E-state index is 13.5. The highest BCUT2D eigenvalue weighted by Crippen LogP contribution is 2.16. The molecule has 0 saturated carbocycles. The molecule has 0 radical (unpaired) electrons. The molecule has 4 nitrogen and oxygen atoms in total. The summed E-state index contributed by atoms with van der Waals surface area (Å²) in [5.74, 6) is -1.77. The Balaban J connectivity index is 2.27. The number of benzene rings is 2. The van der Waals surface area contributed by atoms with Gasteiger partial charge in [-0.2, -0.15) is 0 Å². The van der Waals surface area contributed by atoms with E-state index in [1.807, 2.05) is 30.3 Å². The highest BCUT2D eigenvalue weighted by Gasteiger charge is 2.15. The Morgan fingerprint density at radius 2 is 1.86 bits per heavy atom. The third-order valence-electron chi connectivity index (χ3n) is 3.47. The molecule has 1 aromatic heterocycles. The molecule has 0 spiro atoms. The summed E-state index contributed by atoms with van der Waals surface area (Å²) < 4.78 is 15.1. The molecule has 1 heterocycles. The monoisotopic (exact) mass is 297 g/mol. The fourth-order valence-corrected chi connectivity index (χ4v) is 2.43. The summed E-state index contributed by atoms with van der Waals surface area (Å²) in [6.07, 6.45) is 1.26. The van der Waals surface area contributed by atoms with Crippen LogP contribution in [0.5, 0.6) is 0 Å². The molecule has 0 bridgehead atoms. The number of carboxylic acids is 1. The molecule has 0 fully saturated rings. The van der Waals surface area contributed by atoms with Gasteiger partial charge in [0, 0.05) is 18.1 Å². The molecule has 0 saturated heterocycles. The van der Waals surface area contributed by atoms with Gasteiger partial charge in [0.2, 0.25) is 5.43 Å². The lowest BCUT2D eigenvalue weighted by Gasteiger charge is -2.12. The second-order valence-electron chi connectivity index (χ2n) is 4.95. The lowest BCUT2D eigenvalue weighted by Crippen LogP contribution is -2.19. The van der Waals surface area contributed by atoms with Crippen LogP contribution in [0.2, 0.25) is 0 Å². The highest BCUT2D eigenvalue weighted by atomic mass is 19.1. The summed E-state index contributed by atoms with van der Waals surface area (Å²) in [5.41, 5.74) is 0.369. The lowest BCUT2D eigenvalue weighted by atomic mass is 10.1. The number of pyridine rings is 1. The van der Waals surface area contributed by atoms with E-state index in [1.54, 1.807) is 4.57 Å². The first-order valence-electron chi connectivity index (χ1n) is 6.66. The van der Waals surface area contributed by atoms with Gasteiger partial charge in [-0.15, -0.1) is 0 Å². The number of rotatable bonds is 3. The zero-order valence-electron chi connectivity index (χ0n) is 11.5. The van der Waals surface area contributed by atoms with Gasteiger partial charge >= 0.3 is 5.97 Å². The first kappa shape index (κ1) is 14.0. The third kappa shape index (κ3) is 2.48. The van der Waals surface area contributed by atoms with E-state index in [1.165, 1.54) is 18.3 Å². The molecule has 3 aromatic rings. The van der Waals surface area contributed by atoms with Crippen molar-refractivity contribution in [2.45, 2.75) is 6.54 Å². The van der Waals surface area contributed by atoms with E-state index in [0.29, 0.717) is 12.1 Å². The zero-order valence-corrected chi connectivity index (χ0v) is 11.5. The van der Waals surface area contributed by atoms with Gasteiger partial charge in [-0.1, -0.05) is 30.3 Å². The van der Waals surface area contributed by atoms with E-state index in [2.05, 4.69) is 0 Å². The van der Waals surface area contributed by atoms with Gasteiger partial charge in [0.1, 0.15) is 11.4 Å². The van der Waals surface area contributed by atoms with E-state index in [0.717, 1.165) is 11.6 Å². The van der Waals surface area contributed by atoms with Crippen LogP contribution in [0.1, 0.15) is 15.9 Å². The summed E-state index contributed by atoms with van der Waals surface area (Å²) in [5, 5.41) is 9.37.